The van der Waals surface area contributed by atoms with Gasteiger partial charge in [-0.05, 0) is 38.5 Å². The first-order chi connectivity index (χ1) is 8.25. The molecule has 1 aliphatic heterocycles. The van der Waals surface area contributed by atoms with Crippen molar-refractivity contribution < 1.29 is 14.0 Å². The van der Waals surface area contributed by atoms with Crippen molar-refractivity contribution in [1.82, 2.24) is 5.32 Å². The molecule has 0 aromatic heterocycles. The van der Waals surface area contributed by atoms with Crippen LogP contribution in [-0.2, 0) is 10.2 Å². The molecule has 18 heavy (non-hydrogen) atoms. The highest BCUT2D eigenvalue weighted by Gasteiger charge is 2.40. The molecule has 0 saturated heterocycles. The second-order valence-electron chi connectivity index (χ2n) is 4.94. The van der Waals surface area contributed by atoms with Crippen LogP contribution in [-0.4, -0.2) is 11.8 Å². The zero-order chi connectivity index (χ0) is 13.7. The van der Waals surface area contributed by atoms with Gasteiger partial charge in [-0.25, -0.2) is 4.39 Å². The van der Waals surface area contributed by atoms with Gasteiger partial charge in [0.25, 0.3) is 5.91 Å². The van der Waals surface area contributed by atoms with Crippen LogP contribution in [0.15, 0.2) is 12.1 Å². The summed E-state index contributed by atoms with van der Waals surface area (Å²) in [4.78, 5) is 23.5. The number of rotatable bonds is 1. The van der Waals surface area contributed by atoms with Gasteiger partial charge in [0.2, 0.25) is 5.91 Å². The van der Waals surface area contributed by atoms with E-state index in [0.717, 1.165) is 6.07 Å². The Morgan fingerprint density at radius 3 is 2.50 bits per heavy atom. The van der Waals surface area contributed by atoms with E-state index in [4.69, 9.17) is 11.6 Å². The van der Waals surface area contributed by atoms with Crippen LogP contribution in [0.3, 0.4) is 0 Å². The molecule has 1 atom stereocenters. The number of carbonyl (C=O) groups is 2. The van der Waals surface area contributed by atoms with E-state index >= 15 is 0 Å². The van der Waals surface area contributed by atoms with Crippen molar-refractivity contribution in [2.24, 2.45) is 0 Å². The molecule has 96 valence electrons. The van der Waals surface area contributed by atoms with Gasteiger partial charge in [-0.2, -0.15) is 0 Å². The number of hydrogen-bond acceptors (Lipinski definition) is 2. The summed E-state index contributed by atoms with van der Waals surface area (Å²) in [5.41, 5.74) is 0.126. The zero-order valence-corrected chi connectivity index (χ0v) is 11.1. The van der Waals surface area contributed by atoms with Crippen molar-refractivity contribution in [3.63, 3.8) is 0 Å². The Hall–Kier alpha value is -1.42. The van der Waals surface area contributed by atoms with Gasteiger partial charge in [-0.3, -0.25) is 14.9 Å². The average molecular weight is 270 g/mol. The highest BCUT2D eigenvalue weighted by Crippen LogP contribution is 2.35. The molecule has 5 heteroatoms. The highest BCUT2D eigenvalue weighted by molar-refractivity contribution is 6.20. The molecule has 1 aromatic rings. The monoisotopic (exact) mass is 269 g/mol. The minimum absolute atomic E-state index is 0.193. The summed E-state index contributed by atoms with van der Waals surface area (Å²) in [5, 5.41) is 1.70. The molecule has 1 aromatic carbocycles. The zero-order valence-electron chi connectivity index (χ0n) is 10.3. The maximum Gasteiger partial charge on any atom is 0.258 e. The van der Waals surface area contributed by atoms with Crippen LogP contribution in [0.2, 0.25) is 0 Å². The molecule has 0 spiro atoms. The Labute approximate surface area is 109 Å². The number of amides is 2. The number of carbonyl (C=O) groups excluding carboxylic acids is 2. The van der Waals surface area contributed by atoms with Crippen LogP contribution < -0.4 is 5.32 Å². The van der Waals surface area contributed by atoms with E-state index in [1.165, 1.54) is 6.07 Å². The third-order valence-corrected chi connectivity index (χ3v) is 3.51. The fraction of sp³-hybridized carbons (Fsp3) is 0.385. The first kappa shape index (κ1) is 13.0. The molecule has 0 fully saturated rings. The summed E-state index contributed by atoms with van der Waals surface area (Å²) < 4.78 is 13.8. The Bertz CT molecular complexity index is 552. The molecule has 2 amide bonds. The summed E-state index contributed by atoms with van der Waals surface area (Å²) in [6.07, 6.45) is 0. The van der Waals surface area contributed by atoms with Gasteiger partial charge in [0.1, 0.15) is 5.82 Å². The lowest BCUT2D eigenvalue weighted by Crippen LogP contribution is -2.49. The molecule has 0 aliphatic carbocycles. The maximum absolute atomic E-state index is 13.8. The van der Waals surface area contributed by atoms with E-state index < -0.39 is 22.5 Å². The summed E-state index contributed by atoms with van der Waals surface area (Å²) >= 11 is 5.89. The quantitative estimate of drug-likeness (QED) is 0.629. The fourth-order valence-corrected chi connectivity index (χ4v) is 2.22. The second kappa shape index (κ2) is 4.05. The summed E-state index contributed by atoms with van der Waals surface area (Å²) in [7, 11) is 0. The molecule has 1 N–H and O–H groups in total. The molecule has 1 unspecified atom stereocenters. The van der Waals surface area contributed by atoms with Gasteiger partial charge in [0.05, 0.1) is 10.8 Å². The number of benzene rings is 1. The maximum atomic E-state index is 13.8. The molecule has 0 bridgehead atoms. The van der Waals surface area contributed by atoms with Gasteiger partial charge in [0.15, 0.2) is 0 Å². The lowest BCUT2D eigenvalue weighted by molar-refractivity contribution is -0.125. The van der Waals surface area contributed by atoms with Crippen molar-refractivity contribution >= 4 is 23.4 Å². The normalized spacial score (nSPS) is 19.2. The van der Waals surface area contributed by atoms with Crippen molar-refractivity contribution in [3.8, 4) is 0 Å². The Kier molecular flexibility index (Phi) is 2.93. The van der Waals surface area contributed by atoms with Crippen LogP contribution in [0.1, 0.15) is 47.6 Å². The third-order valence-electron chi connectivity index (χ3n) is 3.28. The van der Waals surface area contributed by atoms with Crippen LogP contribution in [0.4, 0.5) is 4.39 Å². The lowest BCUT2D eigenvalue weighted by Gasteiger charge is -2.31. The van der Waals surface area contributed by atoms with Gasteiger partial charge in [-0.1, -0.05) is 0 Å². The molecule has 1 heterocycles. The largest absolute Gasteiger partial charge is 0.292 e. The van der Waals surface area contributed by atoms with E-state index in [0.29, 0.717) is 11.1 Å². The van der Waals surface area contributed by atoms with Crippen LogP contribution in [0.25, 0.3) is 0 Å². The Morgan fingerprint density at radius 1 is 1.33 bits per heavy atom. The standard InChI is InChI=1S/C13H13ClFNO2/c1-6(14)7-4-9-8(5-10(7)15)11(17)16-12(18)13(9,2)3/h4-6H,1-3H3,(H,16,17,18). The minimum atomic E-state index is -0.878. The smallest absolute Gasteiger partial charge is 0.258 e. The van der Waals surface area contributed by atoms with Crippen molar-refractivity contribution in [2.45, 2.75) is 31.6 Å². The van der Waals surface area contributed by atoms with Crippen molar-refractivity contribution in [1.29, 1.82) is 0 Å². The average Bonchev–Trinajstić information content (AvgIpc) is 2.25. The molecule has 3 nitrogen and oxygen atoms in total. The van der Waals surface area contributed by atoms with Gasteiger partial charge < -0.3 is 0 Å². The van der Waals surface area contributed by atoms with Crippen LogP contribution >= 0.6 is 11.6 Å². The fourth-order valence-electron chi connectivity index (χ4n) is 2.05. The van der Waals surface area contributed by atoms with Crippen molar-refractivity contribution in [2.75, 3.05) is 0 Å². The number of alkyl halides is 1. The van der Waals surface area contributed by atoms with E-state index in [1.807, 2.05) is 0 Å². The van der Waals surface area contributed by atoms with Crippen LogP contribution in [0, 0.1) is 5.82 Å². The molecule has 0 saturated carbocycles. The van der Waals surface area contributed by atoms with Crippen LogP contribution in [0.5, 0.6) is 0 Å². The molecule has 0 radical (unpaired) electrons. The molecule has 2 rings (SSSR count). The first-order valence-corrected chi connectivity index (χ1v) is 6.02. The summed E-state index contributed by atoms with van der Waals surface area (Å²) in [6.45, 7) is 5.02. The van der Waals surface area contributed by atoms with E-state index in [-0.39, 0.29) is 11.5 Å². The van der Waals surface area contributed by atoms with E-state index in [9.17, 15) is 14.0 Å². The Morgan fingerprint density at radius 2 is 1.94 bits per heavy atom. The first-order valence-electron chi connectivity index (χ1n) is 5.59. The van der Waals surface area contributed by atoms with E-state index in [1.54, 1.807) is 20.8 Å². The predicted molar refractivity (Wildman–Crippen MR) is 66.2 cm³/mol. The van der Waals surface area contributed by atoms with E-state index in [2.05, 4.69) is 5.32 Å². The number of hydrogen-bond donors (Lipinski definition) is 1. The number of fused-ring (bicyclic) bond motifs is 1. The SMILES string of the molecule is CC(Cl)c1cc2c(cc1F)C(=O)NC(=O)C2(C)C. The molecule has 1 aliphatic rings. The number of nitrogens with one attached hydrogen (secondary N) is 1. The molecular formula is C13H13ClFNO2. The van der Waals surface area contributed by atoms with Gasteiger partial charge >= 0.3 is 0 Å². The third kappa shape index (κ3) is 1.81. The highest BCUT2D eigenvalue weighted by atomic mass is 35.5. The molecular weight excluding hydrogens is 257 g/mol. The Balaban J connectivity index is 2.73. The topological polar surface area (TPSA) is 46.2 Å². The second-order valence-corrected chi connectivity index (χ2v) is 5.60. The lowest BCUT2D eigenvalue weighted by atomic mass is 9.77. The number of imide groups is 1. The predicted octanol–water partition coefficient (Wildman–Crippen LogP) is 2.67. The van der Waals surface area contributed by atoms with Gasteiger partial charge in [-0.15, -0.1) is 11.6 Å². The minimum Gasteiger partial charge on any atom is -0.292 e. The summed E-state index contributed by atoms with van der Waals surface area (Å²) in [5.74, 6) is -1.49. The summed E-state index contributed by atoms with van der Waals surface area (Å²) in [6, 6.07) is 2.66. The van der Waals surface area contributed by atoms with Crippen molar-refractivity contribution in [3.05, 3.63) is 34.6 Å². The van der Waals surface area contributed by atoms with Gasteiger partial charge in [0, 0.05) is 11.1 Å². The number of halogens is 2.